The van der Waals surface area contributed by atoms with E-state index in [0.29, 0.717) is 6.04 Å². The molecule has 94 valence electrons. The first-order valence-electron chi connectivity index (χ1n) is 6.61. The SMILES string of the molecule is CCN1CCC(Nc2c(C)ccnc2C)CC1. The normalized spacial score (nSPS) is 18.3. The van der Waals surface area contributed by atoms with Gasteiger partial charge in [-0.2, -0.15) is 0 Å². The van der Waals surface area contributed by atoms with Crippen LogP contribution in [0, 0.1) is 13.8 Å². The van der Waals surface area contributed by atoms with Crippen molar-refractivity contribution < 1.29 is 0 Å². The Balaban J connectivity index is 1.98. The van der Waals surface area contributed by atoms with E-state index < -0.39 is 0 Å². The maximum atomic E-state index is 4.36. The van der Waals surface area contributed by atoms with E-state index in [2.05, 4.69) is 42.0 Å². The maximum absolute atomic E-state index is 4.36. The molecule has 0 radical (unpaired) electrons. The van der Waals surface area contributed by atoms with Gasteiger partial charge in [-0.15, -0.1) is 0 Å². The Labute approximate surface area is 104 Å². The minimum Gasteiger partial charge on any atom is -0.381 e. The highest BCUT2D eigenvalue weighted by molar-refractivity contribution is 5.54. The number of nitrogens with zero attached hydrogens (tertiary/aromatic N) is 2. The molecule has 17 heavy (non-hydrogen) atoms. The second-order valence-electron chi connectivity index (χ2n) is 4.94. The molecule has 3 heteroatoms. The first-order chi connectivity index (χ1) is 8.20. The second-order valence-corrected chi connectivity index (χ2v) is 4.94. The predicted octanol–water partition coefficient (Wildman–Crippen LogP) is 2.59. The Bertz CT molecular complexity index is 347. The molecule has 1 N–H and O–H groups in total. The number of aromatic nitrogens is 1. The average molecular weight is 233 g/mol. The molecular formula is C14H23N3. The fraction of sp³-hybridized carbons (Fsp3) is 0.643. The number of anilines is 1. The summed E-state index contributed by atoms with van der Waals surface area (Å²) in [5.74, 6) is 0. The number of piperidine rings is 1. The highest BCUT2D eigenvalue weighted by Crippen LogP contribution is 2.21. The lowest BCUT2D eigenvalue weighted by atomic mass is 10.0. The Morgan fingerprint density at radius 3 is 2.65 bits per heavy atom. The van der Waals surface area contributed by atoms with Crippen molar-refractivity contribution in [1.29, 1.82) is 0 Å². The van der Waals surface area contributed by atoms with Crippen LogP contribution in [0.2, 0.25) is 0 Å². The van der Waals surface area contributed by atoms with Crippen molar-refractivity contribution in [2.24, 2.45) is 0 Å². The van der Waals surface area contributed by atoms with Gasteiger partial charge in [-0.05, 0) is 44.9 Å². The van der Waals surface area contributed by atoms with Gasteiger partial charge in [0.15, 0.2) is 0 Å². The van der Waals surface area contributed by atoms with Gasteiger partial charge in [0, 0.05) is 25.3 Å². The third kappa shape index (κ3) is 2.97. The molecule has 0 aromatic carbocycles. The number of pyridine rings is 1. The van der Waals surface area contributed by atoms with Gasteiger partial charge in [-0.25, -0.2) is 0 Å². The van der Waals surface area contributed by atoms with Crippen molar-refractivity contribution in [3.05, 3.63) is 23.5 Å². The summed E-state index contributed by atoms with van der Waals surface area (Å²) < 4.78 is 0. The number of aryl methyl sites for hydroxylation is 2. The number of rotatable bonds is 3. The largest absolute Gasteiger partial charge is 0.381 e. The molecule has 2 heterocycles. The third-order valence-electron chi connectivity index (χ3n) is 3.73. The molecule has 1 aromatic rings. The van der Waals surface area contributed by atoms with Crippen LogP contribution >= 0.6 is 0 Å². The van der Waals surface area contributed by atoms with Gasteiger partial charge in [0.25, 0.3) is 0 Å². The van der Waals surface area contributed by atoms with E-state index in [4.69, 9.17) is 0 Å². The fourth-order valence-corrected chi connectivity index (χ4v) is 2.51. The summed E-state index contributed by atoms with van der Waals surface area (Å²) >= 11 is 0. The first-order valence-corrected chi connectivity index (χ1v) is 6.61. The van der Waals surface area contributed by atoms with E-state index in [9.17, 15) is 0 Å². The van der Waals surface area contributed by atoms with Gasteiger partial charge in [0.2, 0.25) is 0 Å². The monoisotopic (exact) mass is 233 g/mol. The van der Waals surface area contributed by atoms with Gasteiger partial charge >= 0.3 is 0 Å². The standard InChI is InChI=1S/C14H23N3/c1-4-17-9-6-13(7-10-17)16-14-11(2)5-8-15-12(14)3/h5,8,13,16H,4,6-7,9-10H2,1-3H3. The summed E-state index contributed by atoms with van der Waals surface area (Å²) in [4.78, 5) is 6.88. The zero-order valence-corrected chi connectivity index (χ0v) is 11.2. The number of hydrogen-bond acceptors (Lipinski definition) is 3. The molecule has 1 aromatic heterocycles. The van der Waals surface area contributed by atoms with Crippen LogP contribution < -0.4 is 5.32 Å². The third-order valence-corrected chi connectivity index (χ3v) is 3.73. The Morgan fingerprint density at radius 1 is 1.35 bits per heavy atom. The highest BCUT2D eigenvalue weighted by Gasteiger charge is 2.18. The van der Waals surface area contributed by atoms with Gasteiger partial charge in [0.1, 0.15) is 0 Å². The molecule has 1 aliphatic rings. The van der Waals surface area contributed by atoms with Gasteiger partial charge in [-0.3, -0.25) is 4.98 Å². The topological polar surface area (TPSA) is 28.2 Å². The summed E-state index contributed by atoms with van der Waals surface area (Å²) in [6.45, 7) is 10.1. The van der Waals surface area contributed by atoms with E-state index in [-0.39, 0.29) is 0 Å². The fourth-order valence-electron chi connectivity index (χ4n) is 2.51. The zero-order chi connectivity index (χ0) is 12.3. The van der Waals surface area contributed by atoms with Crippen LogP contribution in [-0.2, 0) is 0 Å². The smallest absolute Gasteiger partial charge is 0.0606 e. The lowest BCUT2D eigenvalue weighted by molar-refractivity contribution is 0.229. The molecule has 0 spiro atoms. The Kier molecular flexibility index (Phi) is 4.00. The molecule has 0 unspecified atom stereocenters. The van der Waals surface area contributed by atoms with E-state index in [0.717, 1.165) is 5.69 Å². The van der Waals surface area contributed by atoms with E-state index in [1.54, 1.807) is 0 Å². The molecule has 0 amide bonds. The summed E-state index contributed by atoms with van der Waals surface area (Å²) in [7, 11) is 0. The second kappa shape index (κ2) is 5.50. The quantitative estimate of drug-likeness (QED) is 0.870. The van der Waals surface area contributed by atoms with Crippen molar-refractivity contribution in [1.82, 2.24) is 9.88 Å². The highest BCUT2D eigenvalue weighted by atomic mass is 15.1. The van der Waals surface area contributed by atoms with Crippen LogP contribution in [0.15, 0.2) is 12.3 Å². The summed E-state index contributed by atoms with van der Waals surface area (Å²) in [6, 6.07) is 2.69. The van der Waals surface area contributed by atoms with E-state index >= 15 is 0 Å². The van der Waals surface area contributed by atoms with Crippen LogP contribution in [0.4, 0.5) is 5.69 Å². The lowest BCUT2D eigenvalue weighted by Gasteiger charge is -2.32. The van der Waals surface area contributed by atoms with Crippen molar-refractivity contribution in [2.45, 2.75) is 39.7 Å². The molecular weight excluding hydrogens is 210 g/mol. The summed E-state index contributed by atoms with van der Waals surface area (Å²) in [5.41, 5.74) is 3.65. The molecule has 1 saturated heterocycles. The van der Waals surface area contributed by atoms with Gasteiger partial charge in [-0.1, -0.05) is 6.92 Å². The van der Waals surface area contributed by atoms with Crippen LogP contribution in [0.25, 0.3) is 0 Å². The molecule has 2 rings (SSSR count). The van der Waals surface area contributed by atoms with Crippen LogP contribution in [0.3, 0.4) is 0 Å². The van der Waals surface area contributed by atoms with E-state index in [1.165, 1.54) is 43.7 Å². The minimum atomic E-state index is 0.611. The maximum Gasteiger partial charge on any atom is 0.0606 e. The van der Waals surface area contributed by atoms with Gasteiger partial charge in [0.05, 0.1) is 11.4 Å². The van der Waals surface area contributed by atoms with Crippen LogP contribution in [0.1, 0.15) is 31.0 Å². The molecule has 1 aliphatic heterocycles. The Hall–Kier alpha value is -1.09. The average Bonchev–Trinajstić information content (AvgIpc) is 2.35. The summed E-state index contributed by atoms with van der Waals surface area (Å²) in [5, 5.41) is 3.67. The van der Waals surface area contributed by atoms with Gasteiger partial charge < -0.3 is 10.2 Å². The molecule has 0 atom stereocenters. The number of likely N-dealkylation sites (tertiary alicyclic amines) is 1. The summed E-state index contributed by atoms with van der Waals surface area (Å²) in [6.07, 6.45) is 4.36. The molecule has 3 nitrogen and oxygen atoms in total. The predicted molar refractivity (Wildman–Crippen MR) is 72.5 cm³/mol. The van der Waals surface area contributed by atoms with E-state index in [1.807, 2.05) is 6.20 Å². The number of nitrogens with one attached hydrogen (secondary N) is 1. The lowest BCUT2D eigenvalue weighted by Crippen LogP contribution is -2.39. The first kappa shape index (κ1) is 12.4. The molecule has 0 saturated carbocycles. The Morgan fingerprint density at radius 2 is 2.06 bits per heavy atom. The molecule has 1 fully saturated rings. The van der Waals surface area contributed by atoms with Crippen molar-refractivity contribution in [3.63, 3.8) is 0 Å². The number of hydrogen-bond donors (Lipinski definition) is 1. The van der Waals surface area contributed by atoms with Crippen molar-refractivity contribution in [3.8, 4) is 0 Å². The zero-order valence-electron chi connectivity index (χ0n) is 11.2. The van der Waals surface area contributed by atoms with Crippen LogP contribution in [-0.4, -0.2) is 35.6 Å². The van der Waals surface area contributed by atoms with Crippen molar-refractivity contribution in [2.75, 3.05) is 25.0 Å². The molecule has 0 aliphatic carbocycles. The van der Waals surface area contributed by atoms with Crippen LogP contribution in [0.5, 0.6) is 0 Å². The minimum absolute atomic E-state index is 0.611. The van der Waals surface area contributed by atoms with Crippen molar-refractivity contribution >= 4 is 5.69 Å². The molecule has 0 bridgehead atoms.